The Bertz CT molecular complexity index is 1190. The molecule has 2 saturated carbocycles. The minimum absolute atomic E-state index is 0.0930. The van der Waals surface area contributed by atoms with Crippen LogP contribution in [0.15, 0.2) is 52.0 Å². The number of non-ortho nitro benzene ring substituents is 1. The second kappa shape index (κ2) is 6.62. The minimum Gasteiger partial charge on any atom is -0.496 e. The number of nitro groups is 1. The van der Waals surface area contributed by atoms with Crippen LogP contribution in [0.25, 0.3) is 11.3 Å². The SMILES string of the molecule is COc1ccc([N+](=O)[O-])cc1-c1ccc(/C=N\N2C(=O)[C@@H]3[C@H]4C=C[C@H]([C@H]5C[C@@H]45)[C@@H]3C2=O)o1. The zero-order chi connectivity index (χ0) is 22.1. The van der Waals surface area contributed by atoms with Crippen LogP contribution in [0.1, 0.15) is 12.2 Å². The summed E-state index contributed by atoms with van der Waals surface area (Å²) in [5.41, 5.74) is 0.326. The Morgan fingerprint density at radius 1 is 1.12 bits per heavy atom. The van der Waals surface area contributed by atoms with Crippen LogP contribution in [0.3, 0.4) is 0 Å². The molecule has 0 N–H and O–H groups in total. The largest absolute Gasteiger partial charge is 0.496 e. The molecule has 162 valence electrons. The number of carbonyl (C=O) groups is 2. The van der Waals surface area contributed by atoms with Gasteiger partial charge in [0, 0.05) is 12.1 Å². The van der Waals surface area contributed by atoms with Crippen LogP contribution in [-0.4, -0.2) is 35.1 Å². The predicted octanol–water partition coefficient (Wildman–Crippen LogP) is 3.25. The van der Waals surface area contributed by atoms with Gasteiger partial charge in [-0.1, -0.05) is 12.2 Å². The number of imide groups is 1. The summed E-state index contributed by atoms with van der Waals surface area (Å²) >= 11 is 0. The molecule has 2 heterocycles. The van der Waals surface area contributed by atoms with Crippen molar-refractivity contribution >= 4 is 23.7 Å². The fourth-order valence-corrected chi connectivity index (χ4v) is 5.74. The lowest BCUT2D eigenvalue weighted by atomic mass is 9.63. The van der Waals surface area contributed by atoms with Crippen LogP contribution in [0, 0.1) is 45.6 Å². The van der Waals surface area contributed by atoms with Gasteiger partial charge in [-0.05, 0) is 48.3 Å². The molecule has 1 saturated heterocycles. The molecule has 9 nitrogen and oxygen atoms in total. The molecule has 5 aliphatic rings. The molecular formula is C23H19N3O6. The highest BCUT2D eigenvalue weighted by atomic mass is 16.6. The average Bonchev–Trinajstić information content (AvgIpc) is 3.44. The monoisotopic (exact) mass is 433 g/mol. The normalized spacial score (nSPS) is 31.8. The van der Waals surface area contributed by atoms with Gasteiger partial charge in [-0.2, -0.15) is 10.1 Å². The van der Waals surface area contributed by atoms with Gasteiger partial charge in [0.15, 0.2) is 0 Å². The maximum atomic E-state index is 13.0. The molecule has 6 atom stereocenters. The van der Waals surface area contributed by atoms with E-state index in [9.17, 15) is 19.7 Å². The summed E-state index contributed by atoms with van der Waals surface area (Å²) in [5, 5.41) is 16.3. The van der Waals surface area contributed by atoms with Gasteiger partial charge in [0.05, 0.1) is 35.6 Å². The third kappa shape index (κ3) is 2.60. The third-order valence-electron chi connectivity index (χ3n) is 7.23. The van der Waals surface area contributed by atoms with Crippen molar-refractivity contribution in [2.75, 3.05) is 7.11 Å². The lowest BCUT2D eigenvalue weighted by Gasteiger charge is -2.37. The molecule has 32 heavy (non-hydrogen) atoms. The van der Waals surface area contributed by atoms with Crippen molar-refractivity contribution in [2.24, 2.45) is 40.6 Å². The van der Waals surface area contributed by atoms with Gasteiger partial charge in [0.2, 0.25) is 0 Å². The third-order valence-corrected chi connectivity index (χ3v) is 7.23. The molecule has 1 aromatic heterocycles. The Morgan fingerprint density at radius 3 is 2.44 bits per heavy atom. The molecule has 0 radical (unpaired) electrons. The number of hydrazone groups is 1. The van der Waals surface area contributed by atoms with E-state index >= 15 is 0 Å². The van der Waals surface area contributed by atoms with Crippen LogP contribution in [0.4, 0.5) is 5.69 Å². The molecule has 7 rings (SSSR count). The molecule has 2 bridgehead atoms. The second-order valence-electron chi connectivity index (χ2n) is 8.73. The molecule has 9 heteroatoms. The Labute approximate surface area is 182 Å². The van der Waals surface area contributed by atoms with Gasteiger partial charge in [-0.15, -0.1) is 0 Å². The number of hydrogen-bond donors (Lipinski definition) is 0. The summed E-state index contributed by atoms with van der Waals surface area (Å²) in [6, 6.07) is 7.47. The Balaban J connectivity index is 1.26. The first-order chi connectivity index (χ1) is 15.5. The minimum atomic E-state index is -0.496. The number of nitro benzene ring substituents is 1. The molecule has 2 aromatic rings. The zero-order valence-electron chi connectivity index (χ0n) is 17.1. The maximum Gasteiger partial charge on any atom is 0.270 e. The maximum absolute atomic E-state index is 13.0. The molecule has 0 spiro atoms. The van der Waals surface area contributed by atoms with E-state index < -0.39 is 4.92 Å². The van der Waals surface area contributed by atoms with Crippen molar-refractivity contribution in [2.45, 2.75) is 6.42 Å². The highest BCUT2D eigenvalue weighted by Crippen LogP contribution is 2.65. The summed E-state index contributed by atoms with van der Waals surface area (Å²) < 4.78 is 11.0. The fraction of sp³-hybridized carbons (Fsp3) is 0.348. The lowest BCUT2D eigenvalue weighted by Crippen LogP contribution is -2.40. The molecule has 4 aliphatic carbocycles. The zero-order valence-corrected chi connectivity index (χ0v) is 17.1. The number of benzene rings is 1. The first kappa shape index (κ1) is 19.0. The van der Waals surface area contributed by atoms with E-state index in [2.05, 4.69) is 17.3 Å². The van der Waals surface area contributed by atoms with Crippen molar-refractivity contribution in [1.29, 1.82) is 0 Å². The number of amides is 2. The molecule has 2 amide bonds. The van der Waals surface area contributed by atoms with Gasteiger partial charge in [-0.3, -0.25) is 19.7 Å². The van der Waals surface area contributed by atoms with Crippen molar-refractivity contribution in [1.82, 2.24) is 5.01 Å². The second-order valence-corrected chi connectivity index (χ2v) is 8.73. The van der Waals surface area contributed by atoms with Crippen molar-refractivity contribution in [3.63, 3.8) is 0 Å². The summed E-state index contributed by atoms with van der Waals surface area (Å²) in [6.07, 6.45) is 6.67. The number of furan rings is 1. The highest BCUT2D eigenvalue weighted by molar-refractivity contribution is 6.06. The van der Waals surface area contributed by atoms with Gasteiger partial charge < -0.3 is 9.15 Å². The standard InChI is InChI=1S/C23H19N3O6/c1-31-18-6-2-11(26(29)30)8-17(18)19-7-3-12(32-19)10-24-25-22(27)20-13-4-5-14(16-9-15(13)16)21(20)23(25)28/h2-8,10,13-16,20-21H,9H2,1H3/b24-10-/t13-,14+,15-,16+,20+,21-. The molecule has 1 aromatic carbocycles. The van der Waals surface area contributed by atoms with Gasteiger partial charge >= 0.3 is 0 Å². The van der Waals surface area contributed by atoms with Crippen molar-refractivity contribution in [3.8, 4) is 17.1 Å². The number of methoxy groups -OCH3 is 1. The fourth-order valence-electron chi connectivity index (χ4n) is 5.74. The summed E-state index contributed by atoms with van der Waals surface area (Å²) in [6.45, 7) is 0. The van der Waals surface area contributed by atoms with Crippen molar-refractivity contribution < 1.29 is 23.7 Å². The van der Waals surface area contributed by atoms with Gasteiger partial charge in [-0.25, -0.2) is 0 Å². The van der Waals surface area contributed by atoms with Crippen molar-refractivity contribution in [3.05, 3.63) is 58.4 Å². The quantitative estimate of drug-likeness (QED) is 0.235. The van der Waals surface area contributed by atoms with Crippen LogP contribution in [-0.2, 0) is 9.59 Å². The van der Waals surface area contributed by atoms with E-state index in [0.717, 1.165) is 11.4 Å². The molecule has 3 fully saturated rings. The number of hydrogen-bond acceptors (Lipinski definition) is 7. The number of nitrogens with zero attached hydrogens (tertiary/aromatic N) is 3. The lowest BCUT2D eigenvalue weighted by molar-refractivity contribution is -0.384. The van der Waals surface area contributed by atoms with E-state index in [1.165, 1.54) is 31.5 Å². The summed E-state index contributed by atoms with van der Waals surface area (Å²) in [7, 11) is 1.46. The van der Waals surface area contributed by atoms with Crippen LogP contribution >= 0.6 is 0 Å². The average molecular weight is 433 g/mol. The number of carbonyl (C=O) groups excluding carboxylic acids is 2. The van der Waals surface area contributed by atoms with E-state index in [4.69, 9.17) is 9.15 Å². The van der Waals surface area contributed by atoms with Crippen LogP contribution in [0.5, 0.6) is 5.75 Å². The first-order valence-corrected chi connectivity index (χ1v) is 10.5. The van der Waals surface area contributed by atoms with E-state index in [1.54, 1.807) is 12.1 Å². The van der Waals surface area contributed by atoms with Gasteiger partial charge in [0.1, 0.15) is 17.3 Å². The van der Waals surface area contributed by atoms with Crippen LogP contribution < -0.4 is 4.74 Å². The summed E-state index contributed by atoms with van der Waals surface area (Å²) in [4.78, 5) is 36.6. The molecular weight excluding hydrogens is 414 g/mol. The topological polar surface area (TPSA) is 115 Å². The number of allylic oxidation sites excluding steroid dienone is 2. The predicted molar refractivity (Wildman–Crippen MR) is 111 cm³/mol. The summed E-state index contributed by atoms with van der Waals surface area (Å²) in [5.74, 6) is 1.33. The number of rotatable bonds is 5. The molecule has 1 aliphatic heterocycles. The van der Waals surface area contributed by atoms with E-state index in [0.29, 0.717) is 34.7 Å². The highest BCUT2D eigenvalue weighted by Gasteiger charge is 2.67. The van der Waals surface area contributed by atoms with E-state index in [1.807, 2.05) is 0 Å². The van der Waals surface area contributed by atoms with E-state index in [-0.39, 0.29) is 41.2 Å². The van der Waals surface area contributed by atoms with Crippen LogP contribution in [0.2, 0.25) is 0 Å². The Kier molecular flexibility index (Phi) is 3.93. The smallest absolute Gasteiger partial charge is 0.270 e. The molecule has 0 unspecified atom stereocenters. The Hall–Kier alpha value is -3.75. The number of ether oxygens (including phenoxy) is 1. The Morgan fingerprint density at radius 2 is 1.81 bits per heavy atom. The van der Waals surface area contributed by atoms with Gasteiger partial charge in [0.25, 0.3) is 17.5 Å². The first-order valence-electron chi connectivity index (χ1n) is 10.5.